The fraction of sp³-hybridized carbons (Fsp3) is 0.188. The quantitative estimate of drug-likeness (QED) is 0.750. The van der Waals surface area contributed by atoms with E-state index >= 15 is 0 Å². The van der Waals surface area contributed by atoms with Crippen LogP contribution in [0.3, 0.4) is 0 Å². The van der Waals surface area contributed by atoms with Crippen molar-refractivity contribution < 1.29 is 4.74 Å². The highest BCUT2D eigenvalue weighted by molar-refractivity contribution is 5.79. The van der Waals surface area contributed by atoms with Crippen LogP contribution in [0, 0.1) is 6.92 Å². The zero-order chi connectivity index (χ0) is 13.9. The minimum Gasteiger partial charge on any atom is -0.494 e. The first kappa shape index (κ1) is 12.5. The van der Waals surface area contributed by atoms with E-state index in [2.05, 4.69) is 34.3 Å². The number of ether oxygens (including phenoxy) is 1. The van der Waals surface area contributed by atoms with Crippen LogP contribution in [0.2, 0.25) is 0 Å². The molecule has 3 aromatic rings. The van der Waals surface area contributed by atoms with Gasteiger partial charge < -0.3 is 15.0 Å². The van der Waals surface area contributed by atoms with Crippen LogP contribution < -0.4 is 10.1 Å². The van der Waals surface area contributed by atoms with Gasteiger partial charge >= 0.3 is 0 Å². The summed E-state index contributed by atoms with van der Waals surface area (Å²) in [5.74, 6) is 1.59. The fourth-order valence-electron chi connectivity index (χ4n) is 2.16. The average Bonchev–Trinajstić information content (AvgIpc) is 2.80. The molecule has 1 aromatic heterocycles. The van der Waals surface area contributed by atoms with Crippen LogP contribution in [0.5, 0.6) is 5.75 Å². The normalized spacial score (nSPS) is 10.7. The van der Waals surface area contributed by atoms with Crippen molar-refractivity contribution in [2.45, 2.75) is 13.8 Å². The standard InChI is InChI=1S/C16H17N3O/c1-3-20-13-7-8-14-15(10-13)19-16(18-14)17-12-6-4-5-11(2)9-12/h4-10H,3H2,1-2H3,(H2,17,18,19). The molecule has 20 heavy (non-hydrogen) atoms. The zero-order valence-corrected chi connectivity index (χ0v) is 11.6. The molecule has 0 bridgehead atoms. The highest BCUT2D eigenvalue weighted by atomic mass is 16.5. The smallest absolute Gasteiger partial charge is 0.205 e. The van der Waals surface area contributed by atoms with Crippen molar-refractivity contribution in [3.8, 4) is 5.75 Å². The van der Waals surface area contributed by atoms with Crippen LogP contribution >= 0.6 is 0 Å². The third-order valence-corrected chi connectivity index (χ3v) is 3.05. The monoisotopic (exact) mass is 267 g/mol. The van der Waals surface area contributed by atoms with Crippen molar-refractivity contribution >= 4 is 22.7 Å². The fourth-order valence-corrected chi connectivity index (χ4v) is 2.16. The second-order valence-electron chi connectivity index (χ2n) is 4.69. The van der Waals surface area contributed by atoms with Crippen LogP contribution in [0.1, 0.15) is 12.5 Å². The van der Waals surface area contributed by atoms with E-state index in [1.165, 1.54) is 5.56 Å². The van der Waals surface area contributed by atoms with Crippen molar-refractivity contribution in [1.82, 2.24) is 9.97 Å². The minimum absolute atomic E-state index is 0.661. The summed E-state index contributed by atoms with van der Waals surface area (Å²) in [6.07, 6.45) is 0. The minimum atomic E-state index is 0.661. The largest absolute Gasteiger partial charge is 0.494 e. The van der Waals surface area contributed by atoms with Crippen LogP contribution in [0.15, 0.2) is 42.5 Å². The van der Waals surface area contributed by atoms with Crippen LogP contribution in [0.25, 0.3) is 11.0 Å². The third-order valence-electron chi connectivity index (χ3n) is 3.05. The SMILES string of the molecule is CCOc1ccc2nc(Nc3cccc(C)c3)[nH]c2c1. The van der Waals surface area contributed by atoms with Gasteiger partial charge in [-0.25, -0.2) is 4.98 Å². The molecule has 2 aromatic carbocycles. The van der Waals surface area contributed by atoms with Crippen LogP contribution in [0.4, 0.5) is 11.6 Å². The predicted octanol–water partition coefficient (Wildman–Crippen LogP) is 4.01. The highest BCUT2D eigenvalue weighted by Crippen LogP contribution is 2.22. The lowest BCUT2D eigenvalue weighted by Crippen LogP contribution is -1.92. The molecular formula is C16H17N3O. The van der Waals surface area contributed by atoms with Gasteiger partial charge in [0.05, 0.1) is 17.6 Å². The Kier molecular flexibility index (Phi) is 3.29. The van der Waals surface area contributed by atoms with Crippen LogP contribution in [-0.2, 0) is 0 Å². The number of anilines is 2. The Hall–Kier alpha value is -2.49. The number of fused-ring (bicyclic) bond motifs is 1. The van der Waals surface area contributed by atoms with E-state index in [-0.39, 0.29) is 0 Å². The number of nitrogens with zero attached hydrogens (tertiary/aromatic N) is 1. The molecule has 4 heteroatoms. The number of H-pyrrole nitrogens is 1. The van der Waals surface area contributed by atoms with Gasteiger partial charge in [0.1, 0.15) is 5.75 Å². The van der Waals surface area contributed by atoms with Crippen LogP contribution in [-0.4, -0.2) is 16.6 Å². The molecular weight excluding hydrogens is 250 g/mol. The Labute approximate surface area is 117 Å². The second-order valence-corrected chi connectivity index (χ2v) is 4.69. The Balaban J connectivity index is 1.89. The zero-order valence-electron chi connectivity index (χ0n) is 11.6. The van der Waals surface area contributed by atoms with Crippen molar-refractivity contribution in [3.05, 3.63) is 48.0 Å². The lowest BCUT2D eigenvalue weighted by atomic mass is 10.2. The molecule has 1 heterocycles. The maximum absolute atomic E-state index is 5.49. The van der Waals surface area contributed by atoms with Gasteiger partial charge in [0.2, 0.25) is 5.95 Å². The van der Waals surface area contributed by atoms with Crippen molar-refractivity contribution in [1.29, 1.82) is 0 Å². The van der Waals surface area contributed by atoms with E-state index in [0.717, 1.165) is 28.4 Å². The first-order valence-electron chi connectivity index (χ1n) is 6.71. The summed E-state index contributed by atoms with van der Waals surface area (Å²) in [6.45, 7) is 4.70. The predicted molar refractivity (Wildman–Crippen MR) is 81.7 cm³/mol. The summed E-state index contributed by atoms with van der Waals surface area (Å²) in [6, 6.07) is 14.0. The van der Waals surface area contributed by atoms with E-state index in [1.807, 2.05) is 37.3 Å². The third kappa shape index (κ3) is 2.59. The Bertz CT molecular complexity index is 733. The molecule has 4 nitrogen and oxygen atoms in total. The number of hydrogen-bond donors (Lipinski definition) is 2. The summed E-state index contributed by atoms with van der Waals surface area (Å²) >= 11 is 0. The Morgan fingerprint density at radius 3 is 2.90 bits per heavy atom. The number of rotatable bonds is 4. The van der Waals surface area contributed by atoms with E-state index in [0.29, 0.717) is 6.61 Å². The van der Waals surface area contributed by atoms with Gasteiger partial charge in [0.25, 0.3) is 0 Å². The van der Waals surface area contributed by atoms with Gasteiger partial charge in [-0.1, -0.05) is 12.1 Å². The second kappa shape index (κ2) is 5.25. The number of benzene rings is 2. The molecule has 0 atom stereocenters. The number of imidazole rings is 1. The number of aromatic amines is 1. The van der Waals surface area contributed by atoms with Gasteiger partial charge in [0, 0.05) is 11.8 Å². The van der Waals surface area contributed by atoms with Crippen molar-refractivity contribution in [3.63, 3.8) is 0 Å². The summed E-state index contributed by atoms with van der Waals surface area (Å²) in [5, 5.41) is 3.28. The van der Waals surface area contributed by atoms with Crippen molar-refractivity contribution in [2.24, 2.45) is 0 Å². The molecule has 0 unspecified atom stereocenters. The molecule has 3 rings (SSSR count). The molecule has 0 spiro atoms. The average molecular weight is 267 g/mol. The number of aromatic nitrogens is 2. The molecule has 2 N–H and O–H groups in total. The number of aryl methyl sites for hydroxylation is 1. The van der Waals surface area contributed by atoms with Gasteiger partial charge in [-0.05, 0) is 43.7 Å². The molecule has 0 saturated heterocycles. The van der Waals surface area contributed by atoms with E-state index in [1.54, 1.807) is 0 Å². The summed E-state index contributed by atoms with van der Waals surface area (Å²) in [4.78, 5) is 7.78. The summed E-state index contributed by atoms with van der Waals surface area (Å²) < 4.78 is 5.49. The summed E-state index contributed by atoms with van der Waals surface area (Å²) in [7, 11) is 0. The van der Waals surface area contributed by atoms with Crippen molar-refractivity contribution in [2.75, 3.05) is 11.9 Å². The molecule has 0 fully saturated rings. The molecule has 0 amide bonds. The first-order valence-corrected chi connectivity index (χ1v) is 6.71. The lowest BCUT2D eigenvalue weighted by Gasteiger charge is -2.02. The van der Waals surface area contributed by atoms with E-state index in [9.17, 15) is 0 Å². The molecule has 0 saturated carbocycles. The molecule has 0 aliphatic carbocycles. The Morgan fingerprint density at radius 2 is 2.10 bits per heavy atom. The summed E-state index contributed by atoms with van der Waals surface area (Å²) in [5.41, 5.74) is 4.12. The maximum atomic E-state index is 5.49. The van der Waals surface area contributed by atoms with E-state index in [4.69, 9.17) is 4.74 Å². The van der Waals surface area contributed by atoms with Gasteiger partial charge in [0.15, 0.2) is 0 Å². The first-order chi connectivity index (χ1) is 9.74. The number of nitrogens with one attached hydrogen (secondary N) is 2. The molecule has 0 radical (unpaired) electrons. The number of hydrogen-bond acceptors (Lipinski definition) is 3. The molecule has 0 aliphatic heterocycles. The molecule has 102 valence electrons. The Morgan fingerprint density at radius 1 is 1.20 bits per heavy atom. The van der Waals surface area contributed by atoms with Gasteiger partial charge in [-0.3, -0.25) is 0 Å². The van der Waals surface area contributed by atoms with Gasteiger partial charge in [-0.2, -0.15) is 0 Å². The van der Waals surface area contributed by atoms with Gasteiger partial charge in [-0.15, -0.1) is 0 Å². The highest BCUT2D eigenvalue weighted by Gasteiger charge is 2.04. The van der Waals surface area contributed by atoms with E-state index < -0.39 is 0 Å². The topological polar surface area (TPSA) is 49.9 Å². The lowest BCUT2D eigenvalue weighted by molar-refractivity contribution is 0.340. The molecule has 0 aliphatic rings. The maximum Gasteiger partial charge on any atom is 0.205 e.